The fraction of sp³-hybridized carbons (Fsp3) is 0. The summed E-state index contributed by atoms with van der Waals surface area (Å²) in [5.74, 6) is 0. The lowest BCUT2D eigenvalue weighted by atomic mass is 10.2. The molecule has 0 amide bonds. The van der Waals surface area contributed by atoms with Gasteiger partial charge in [0.05, 0.1) is 16.1 Å². The molecule has 0 fully saturated rings. The molecule has 1 heterocycles. The number of rotatable bonds is 4. The maximum Gasteiger partial charge on any atom is 0.264 e. The third-order valence-corrected chi connectivity index (χ3v) is 5.62. The highest BCUT2D eigenvalue weighted by atomic mass is 32.2. The molecule has 7 nitrogen and oxygen atoms in total. The average Bonchev–Trinajstić information content (AvgIpc) is 2.53. The van der Waals surface area contributed by atoms with E-state index < -0.39 is 20.0 Å². The van der Waals surface area contributed by atoms with Crippen LogP contribution in [0.1, 0.15) is 0 Å². The lowest BCUT2D eigenvalue weighted by Gasteiger charge is -2.10. The Kier molecular flexibility index (Phi) is 3.99. The van der Waals surface area contributed by atoms with E-state index in [-0.39, 0.29) is 15.5 Å². The minimum absolute atomic E-state index is 0.00149. The maximum absolute atomic E-state index is 12.6. The van der Waals surface area contributed by atoms with Crippen molar-refractivity contribution in [1.82, 2.24) is 4.98 Å². The highest BCUT2D eigenvalue weighted by Gasteiger charge is 2.19. The van der Waals surface area contributed by atoms with Gasteiger partial charge in [0.2, 0.25) is 10.0 Å². The van der Waals surface area contributed by atoms with E-state index in [0.29, 0.717) is 10.9 Å². The van der Waals surface area contributed by atoms with Crippen molar-refractivity contribution in [1.29, 1.82) is 0 Å². The lowest BCUT2D eigenvalue weighted by Crippen LogP contribution is -2.15. The minimum atomic E-state index is -3.95. The first kappa shape index (κ1) is 16.4. The summed E-state index contributed by atoms with van der Waals surface area (Å²) in [7, 11) is -7.88. The van der Waals surface area contributed by atoms with E-state index in [1.165, 1.54) is 30.5 Å². The molecule has 0 radical (unpaired) electrons. The molecule has 0 unspecified atom stereocenters. The van der Waals surface area contributed by atoms with Crippen LogP contribution >= 0.6 is 0 Å². The number of fused-ring (bicyclic) bond motifs is 1. The number of para-hydroxylation sites is 1. The molecule has 0 atom stereocenters. The summed E-state index contributed by atoms with van der Waals surface area (Å²) >= 11 is 0. The molecule has 0 aliphatic carbocycles. The summed E-state index contributed by atoms with van der Waals surface area (Å²) in [6.07, 6.45) is 1.50. The van der Waals surface area contributed by atoms with Crippen molar-refractivity contribution in [2.45, 2.75) is 9.79 Å². The molecule has 3 N–H and O–H groups in total. The van der Waals surface area contributed by atoms with Gasteiger partial charge >= 0.3 is 0 Å². The van der Waals surface area contributed by atoms with Crippen LogP contribution in [0.2, 0.25) is 0 Å². The molecular weight excluding hydrogens is 350 g/mol. The number of pyridine rings is 1. The second kappa shape index (κ2) is 5.86. The zero-order chi connectivity index (χ0) is 17.4. The third-order valence-electron chi connectivity index (χ3n) is 3.30. The summed E-state index contributed by atoms with van der Waals surface area (Å²) in [5, 5.41) is 5.74. The number of nitrogens with two attached hydrogens (primary N) is 1. The number of hydrogen-bond donors (Lipinski definition) is 2. The van der Waals surface area contributed by atoms with Gasteiger partial charge in [-0.2, -0.15) is 0 Å². The van der Waals surface area contributed by atoms with Crippen molar-refractivity contribution >= 4 is 36.6 Å². The molecule has 0 aliphatic rings. The smallest absolute Gasteiger partial charge is 0.264 e. The highest BCUT2D eigenvalue weighted by molar-refractivity contribution is 7.93. The fourth-order valence-electron chi connectivity index (χ4n) is 2.24. The summed E-state index contributed by atoms with van der Waals surface area (Å²) in [6, 6.07) is 13.5. The molecular formula is C15H13N3O4S2. The Hall–Kier alpha value is -2.49. The second-order valence-corrected chi connectivity index (χ2v) is 8.22. The second-order valence-electron chi connectivity index (χ2n) is 5.01. The zero-order valence-corrected chi connectivity index (χ0v) is 13.9. The topological polar surface area (TPSA) is 119 Å². The first-order valence-electron chi connectivity index (χ1n) is 6.77. The predicted molar refractivity (Wildman–Crippen MR) is 90.4 cm³/mol. The number of primary sulfonamides is 1. The standard InChI is InChI=1S/C15H13N3O4S2/c16-23(19,20)13-7-2-6-12(10-13)18-24(21,22)14-8-1-4-11-5-3-9-17-15(11)14/h1-10,18H,(H2,16,19,20). The van der Waals surface area contributed by atoms with Gasteiger partial charge in [0.25, 0.3) is 10.0 Å². The third kappa shape index (κ3) is 3.23. The predicted octanol–water partition coefficient (Wildman–Crippen LogP) is 1.68. The first-order chi connectivity index (χ1) is 11.3. The maximum atomic E-state index is 12.6. The van der Waals surface area contributed by atoms with Gasteiger partial charge in [0.15, 0.2) is 0 Å². The number of anilines is 1. The molecule has 0 bridgehead atoms. The Labute approximate surface area is 139 Å². The van der Waals surface area contributed by atoms with Gasteiger partial charge in [-0.3, -0.25) is 9.71 Å². The van der Waals surface area contributed by atoms with Crippen LogP contribution in [0.25, 0.3) is 10.9 Å². The number of nitrogens with zero attached hydrogens (tertiary/aromatic N) is 1. The molecule has 2 aromatic carbocycles. The minimum Gasteiger partial charge on any atom is -0.280 e. The molecule has 0 saturated carbocycles. The van der Waals surface area contributed by atoms with Gasteiger partial charge in [-0.15, -0.1) is 0 Å². The highest BCUT2D eigenvalue weighted by Crippen LogP contribution is 2.24. The monoisotopic (exact) mass is 363 g/mol. The van der Waals surface area contributed by atoms with Gasteiger partial charge in [-0.05, 0) is 30.3 Å². The number of sulfonamides is 2. The number of nitrogens with one attached hydrogen (secondary N) is 1. The van der Waals surface area contributed by atoms with Crippen molar-refractivity contribution < 1.29 is 16.8 Å². The van der Waals surface area contributed by atoms with Crippen molar-refractivity contribution in [3.8, 4) is 0 Å². The van der Waals surface area contributed by atoms with Crippen LogP contribution in [-0.2, 0) is 20.0 Å². The normalized spacial score (nSPS) is 12.2. The number of benzene rings is 2. The molecule has 24 heavy (non-hydrogen) atoms. The van der Waals surface area contributed by atoms with Crippen LogP contribution in [0.3, 0.4) is 0 Å². The average molecular weight is 363 g/mol. The number of hydrogen-bond acceptors (Lipinski definition) is 5. The Balaban J connectivity index is 2.06. The van der Waals surface area contributed by atoms with Crippen LogP contribution in [0, 0.1) is 0 Å². The molecule has 0 aliphatic heterocycles. The van der Waals surface area contributed by atoms with E-state index in [9.17, 15) is 16.8 Å². The largest absolute Gasteiger partial charge is 0.280 e. The van der Waals surface area contributed by atoms with Crippen molar-refractivity contribution in [3.63, 3.8) is 0 Å². The Morgan fingerprint density at radius 2 is 1.62 bits per heavy atom. The van der Waals surface area contributed by atoms with Crippen LogP contribution in [0.4, 0.5) is 5.69 Å². The van der Waals surface area contributed by atoms with Crippen molar-refractivity contribution in [3.05, 3.63) is 60.8 Å². The van der Waals surface area contributed by atoms with Crippen LogP contribution in [0.5, 0.6) is 0 Å². The van der Waals surface area contributed by atoms with E-state index in [1.54, 1.807) is 24.3 Å². The van der Waals surface area contributed by atoms with Gasteiger partial charge in [0, 0.05) is 11.6 Å². The Bertz CT molecular complexity index is 1120. The van der Waals surface area contributed by atoms with Gasteiger partial charge in [0.1, 0.15) is 4.90 Å². The van der Waals surface area contributed by atoms with Crippen molar-refractivity contribution in [2.24, 2.45) is 5.14 Å². The van der Waals surface area contributed by atoms with Gasteiger partial charge < -0.3 is 0 Å². The summed E-state index contributed by atoms with van der Waals surface area (Å²) in [6.45, 7) is 0. The van der Waals surface area contributed by atoms with Gasteiger partial charge in [-0.1, -0.05) is 24.3 Å². The van der Waals surface area contributed by atoms with E-state index in [1.807, 2.05) is 0 Å². The molecule has 1 aromatic heterocycles. The first-order valence-corrected chi connectivity index (χ1v) is 9.80. The molecule has 0 spiro atoms. The van der Waals surface area contributed by atoms with E-state index in [2.05, 4.69) is 9.71 Å². The van der Waals surface area contributed by atoms with E-state index in [0.717, 1.165) is 6.07 Å². The molecule has 124 valence electrons. The number of aromatic nitrogens is 1. The van der Waals surface area contributed by atoms with Crippen LogP contribution < -0.4 is 9.86 Å². The summed E-state index contributed by atoms with van der Waals surface area (Å²) in [4.78, 5) is 3.93. The van der Waals surface area contributed by atoms with E-state index >= 15 is 0 Å². The Morgan fingerprint density at radius 1 is 0.917 bits per heavy atom. The lowest BCUT2D eigenvalue weighted by molar-refractivity contribution is 0.596. The SMILES string of the molecule is NS(=O)(=O)c1cccc(NS(=O)(=O)c2cccc3cccnc23)c1. The quantitative estimate of drug-likeness (QED) is 0.731. The summed E-state index contributed by atoms with van der Waals surface area (Å²) in [5.41, 5.74) is 0.421. The summed E-state index contributed by atoms with van der Waals surface area (Å²) < 4.78 is 50.4. The van der Waals surface area contributed by atoms with Gasteiger partial charge in [-0.25, -0.2) is 22.0 Å². The molecule has 9 heteroatoms. The Morgan fingerprint density at radius 3 is 2.38 bits per heavy atom. The molecule has 3 rings (SSSR count). The molecule has 0 saturated heterocycles. The zero-order valence-electron chi connectivity index (χ0n) is 12.2. The van der Waals surface area contributed by atoms with E-state index in [4.69, 9.17) is 5.14 Å². The fourth-order valence-corrected chi connectivity index (χ4v) is 4.03. The van der Waals surface area contributed by atoms with Crippen LogP contribution in [0.15, 0.2) is 70.6 Å². The van der Waals surface area contributed by atoms with Crippen molar-refractivity contribution in [2.75, 3.05) is 4.72 Å². The molecule has 3 aromatic rings. The van der Waals surface area contributed by atoms with Crippen LogP contribution in [-0.4, -0.2) is 21.8 Å².